The van der Waals surface area contributed by atoms with E-state index < -0.39 is 0 Å². The lowest BCUT2D eigenvalue weighted by molar-refractivity contribution is -0.122. The van der Waals surface area contributed by atoms with Gasteiger partial charge in [-0.25, -0.2) is 0 Å². The second kappa shape index (κ2) is 4.26. The highest BCUT2D eigenvalue weighted by molar-refractivity contribution is 5.95. The smallest absolute Gasteiger partial charge is 0.202 e. The van der Waals surface area contributed by atoms with Gasteiger partial charge in [-0.05, 0) is 13.3 Å². The molecule has 0 aromatic heterocycles. The predicted octanol–water partition coefficient (Wildman–Crippen LogP) is 1.14. The quantitative estimate of drug-likeness (QED) is 0.469. The van der Waals surface area contributed by atoms with Gasteiger partial charge >= 0.3 is 0 Å². The second-order valence-corrected chi connectivity index (χ2v) is 2.78. The molecule has 1 rings (SSSR count). The van der Waals surface area contributed by atoms with Gasteiger partial charge in [-0.1, -0.05) is 6.58 Å². The number of ether oxygens (including phenoxy) is 2. The fraction of sp³-hybridized carbons (Fsp3) is 0.667. The number of carbonyl (C=O) groups excluding carboxylic acids is 1. The van der Waals surface area contributed by atoms with Gasteiger partial charge < -0.3 is 9.47 Å². The highest BCUT2D eigenvalue weighted by Crippen LogP contribution is 2.17. The van der Waals surface area contributed by atoms with Crippen LogP contribution in [-0.4, -0.2) is 25.6 Å². The molecule has 1 atom stereocenters. The first-order valence-corrected chi connectivity index (χ1v) is 4.19. The molecule has 1 saturated heterocycles. The molecule has 1 fully saturated rings. The molecule has 0 aromatic rings. The molecule has 3 nitrogen and oxygen atoms in total. The van der Waals surface area contributed by atoms with Gasteiger partial charge in [0.1, 0.15) is 0 Å². The van der Waals surface area contributed by atoms with Crippen molar-refractivity contribution in [2.24, 2.45) is 5.92 Å². The van der Waals surface area contributed by atoms with Gasteiger partial charge in [-0.2, -0.15) is 0 Å². The van der Waals surface area contributed by atoms with Crippen molar-refractivity contribution in [2.75, 3.05) is 19.8 Å². The number of ketones is 1. The summed E-state index contributed by atoms with van der Waals surface area (Å²) in [5.74, 6) is 0.242. The molecular formula is C9H14O3. The van der Waals surface area contributed by atoms with Crippen LogP contribution in [0.25, 0.3) is 0 Å². The van der Waals surface area contributed by atoms with E-state index in [-0.39, 0.29) is 17.5 Å². The highest BCUT2D eigenvalue weighted by Gasteiger charge is 2.25. The average molecular weight is 170 g/mol. The maximum atomic E-state index is 11.4. The summed E-state index contributed by atoms with van der Waals surface area (Å²) < 4.78 is 10.1. The van der Waals surface area contributed by atoms with Crippen LogP contribution in [0.1, 0.15) is 13.3 Å². The molecule has 0 saturated carbocycles. The Morgan fingerprint density at radius 2 is 2.50 bits per heavy atom. The zero-order chi connectivity index (χ0) is 8.97. The maximum absolute atomic E-state index is 11.4. The fourth-order valence-corrected chi connectivity index (χ4v) is 1.21. The van der Waals surface area contributed by atoms with Gasteiger partial charge in [-0.15, -0.1) is 0 Å². The van der Waals surface area contributed by atoms with E-state index in [4.69, 9.17) is 9.47 Å². The predicted molar refractivity (Wildman–Crippen MR) is 44.7 cm³/mol. The van der Waals surface area contributed by atoms with Crippen molar-refractivity contribution >= 4 is 5.78 Å². The van der Waals surface area contributed by atoms with E-state index in [9.17, 15) is 4.79 Å². The van der Waals surface area contributed by atoms with E-state index in [1.165, 1.54) is 0 Å². The van der Waals surface area contributed by atoms with Crippen LogP contribution in [0.5, 0.6) is 0 Å². The summed E-state index contributed by atoms with van der Waals surface area (Å²) in [6, 6.07) is 0. The Hall–Kier alpha value is -0.830. The number of allylic oxidation sites excluding steroid dienone is 1. The first-order valence-electron chi connectivity index (χ1n) is 4.19. The van der Waals surface area contributed by atoms with Crippen molar-refractivity contribution in [3.63, 3.8) is 0 Å². The molecule has 1 aliphatic rings. The molecule has 0 aliphatic carbocycles. The molecule has 0 N–H and O–H groups in total. The lowest BCUT2D eigenvalue weighted by Gasteiger charge is -2.08. The van der Waals surface area contributed by atoms with Crippen LogP contribution in [0.4, 0.5) is 0 Å². The minimum Gasteiger partial charge on any atom is -0.491 e. The molecule has 0 radical (unpaired) electrons. The SMILES string of the molecule is C=C(OCC)C(=O)C1CCOC1. The Kier molecular flexibility index (Phi) is 3.29. The summed E-state index contributed by atoms with van der Waals surface area (Å²) in [5, 5.41) is 0. The van der Waals surface area contributed by atoms with E-state index in [0.29, 0.717) is 19.8 Å². The standard InChI is InChI=1S/C9H14O3/c1-3-12-7(2)9(10)8-4-5-11-6-8/h8H,2-6H2,1H3. The maximum Gasteiger partial charge on any atom is 0.202 e. The van der Waals surface area contributed by atoms with E-state index in [1.807, 2.05) is 6.92 Å². The summed E-state index contributed by atoms with van der Waals surface area (Å²) in [6.07, 6.45) is 0.797. The van der Waals surface area contributed by atoms with Crippen LogP contribution in [0, 0.1) is 5.92 Å². The molecule has 1 heterocycles. The van der Waals surface area contributed by atoms with Gasteiger partial charge in [0.05, 0.1) is 19.1 Å². The summed E-state index contributed by atoms with van der Waals surface area (Å²) in [6.45, 7) is 7.09. The molecule has 0 spiro atoms. The summed E-state index contributed by atoms with van der Waals surface area (Å²) in [4.78, 5) is 11.4. The van der Waals surface area contributed by atoms with Gasteiger partial charge in [0.15, 0.2) is 5.76 Å². The van der Waals surface area contributed by atoms with Gasteiger partial charge in [0.25, 0.3) is 0 Å². The molecule has 1 aliphatic heterocycles. The lowest BCUT2D eigenvalue weighted by Crippen LogP contribution is -2.17. The number of hydrogen-bond acceptors (Lipinski definition) is 3. The molecule has 0 aromatic carbocycles. The molecule has 0 bridgehead atoms. The third-order valence-corrected chi connectivity index (χ3v) is 1.89. The van der Waals surface area contributed by atoms with E-state index in [0.717, 1.165) is 6.42 Å². The number of hydrogen-bond donors (Lipinski definition) is 0. The number of Topliss-reactive ketones (excluding diaryl/α,β-unsaturated/α-hetero) is 1. The first-order chi connectivity index (χ1) is 5.75. The minimum atomic E-state index is -0.0240. The van der Waals surface area contributed by atoms with E-state index in [2.05, 4.69) is 6.58 Å². The zero-order valence-corrected chi connectivity index (χ0v) is 7.34. The average Bonchev–Trinajstić information content (AvgIpc) is 2.55. The fourth-order valence-electron chi connectivity index (χ4n) is 1.21. The van der Waals surface area contributed by atoms with Crippen molar-refractivity contribution in [2.45, 2.75) is 13.3 Å². The van der Waals surface area contributed by atoms with Crippen LogP contribution in [0.3, 0.4) is 0 Å². The Morgan fingerprint density at radius 3 is 3.00 bits per heavy atom. The van der Waals surface area contributed by atoms with Crippen molar-refractivity contribution in [1.29, 1.82) is 0 Å². The third kappa shape index (κ3) is 2.08. The van der Waals surface area contributed by atoms with Crippen molar-refractivity contribution in [3.8, 4) is 0 Å². The van der Waals surface area contributed by atoms with Gasteiger partial charge in [0, 0.05) is 6.61 Å². The minimum absolute atomic E-state index is 0.00523. The summed E-state index contributed by atoms with van der Waals surface area (Å²) >= 11 is 0. The van der Waals surface area contributed by atoms with Crippen molar-refractivity contribution in [1.82, 2.24) is 0 Å². The highest BCUT2D eigenvalue weighted by atomic mass is 16.5. The second-order valence-electron chi connectivity index (χ2n) is 2.78. The lowest BCUT2D eigenvalue weighted by atomic mass is 10.0. The topological polar surface area (TPSA) is 35.5 Å². The van der Waals surface area contributed by atoms with Crippen LogP contribution < -0.4 is 0 Å². The van der Waals surface area contributed by atoms with Crippen molar-refractivity contribution in [3.05, 3.63) is 12.3 Å². The van der Waals surface area contributed by atoms with Gasteiger partial charge in [0.2, 0.25) is 5.78 Å². The molecule has 0 amide bonds. The van der Waals surface area contributed by atoms with Crippen molar-refractivity contribution < 1.29 is 14.3 Å². The number of rotatable bonds is 4. The Balaban J connectivity index is 2.40. The summed E-state index contributed by atoms with van der Waals surface area (Å²) in [5.41, 5.74) is 0. The molecule has 68 valence electrons. The molecule has 3 heteroatoms. The monoisotopic (exact) mass is 170 g/mol. The molecular weight excluding hydrogens is 156 g/mol. The van der Waals surface area contributed by atoms with Crippen LogP contribution in [0.2, 0.25) is 0 Å². The van der Waals surface area contributed by atoms with Gasteiger partial charge in [-0.3, -0.25) is 4.79 Å². The van der Waals surface area contributed by atoms with E-state index >= 15 is 0 Å². The largest absolute Gasteiger partial charge is 0.491 e. The number of carbonyl (C=O) groups is 1. The van der Waals surface area contributed by atoms with Crippen LogP contribution in [0.15, 0.2) is 12.3 Å². The Bertz CT molecular complexity index is 180. The molecule has 12 heavy (non-hydrogen) atoms. The van der Waals surface area contributed by atoms with E-state index in [1.54, 1.807) is 0 Å². The third-order valence-electron chi connectivity index (χ3n) is 1.89. The van der Waals surface area contributed by atoms with Crippen LogP contribution in [-0.2, 0) is 14.3 Å². The Labute approximate surface area is 72.4 Å². The Morgan fingerprint density at radius 1 is 1.75 bits per heavy atom. The molecule has 1 unspecified atom stereocenters. The zero-order valence-electron chi connectivity index (χ0n) is 7.34. The normalized spacial score (nSPS) is 22.2. The summed E-state index contributed by atoms with van der Waals surface area (Å²) in [7, 11) is 0. The first kappa shape index (κ1) is 9.26. The van der Waals surface area contributed by atoms with Crippen LogP contribution >= 0.6 is 0 Å².